The minimum absolute atomic E-state index is 0.139. The van der Waals surface area contributed by atoms with Crippen molar-refractivity contribution in [3.63, 3.8) is 0 Å². The molecular weight excluding hydrogens is 305 g/mol. The van der Waals surface area contributed by atoms with Gasteiger partial charge in [0.2, 0.25) is 0 Å². The monoisotopic (exact) mass is 321 g/mol. The SMILES string of the molecule is C[C@@H](Cn1cccn1)n1ccnc1-c1ccc2cccc(F)c2n1. The van der Waals surface area contributed by atoms with Crippen molar-refractivity contribution in [2.75, 3.05) is 0 Å². The zero-order valence-corrected chi connectivity index (χ0v) is 13.2. The molecule has 3 aromatic heterocycles. The molecule has 1 atom stereocenters. The van der Waals surface area contributed by atoms with Crippen molar-refractivity contribution in [2.24, 2.45) is 0 Å². The third-order valence-corrected chi connectivity index (χ3v) is 4.05. The number of nitrogens with zero attached hydrogens (tertiary/aromatic N) is 5. The Hall–Kier alpha value is -3.02. The molecular formula is C18H16FN5. The lowest BCUT2D eigenvalue weighted by atomic mass is 10.2. The molecule has 6 heteroatoms. The van der Waals surface area contributed by atoms with E-state index in [4.69, 9.17) is 0 Å². The lowest BCUT2D eigenvalue weighted by molar-refractivity contribution is 0.440. The van der Waals surface area contributed by atoms with Crippen LogP contribution in [0.25, 0.3) is 22.4 Å². The van der Waals surface area contributed by atoms with Crippen molar-refractivity contribution in [1.82, 2.24) is 24.3 Å². The van der Waals surface area contributed by atoms with Crippen LogP contribution in [0.1, 0.15) is 13.0 Å². The second-order valence-corrected chi connectivity index (χ2v) is 5.74. The molecule has 0 aliphatic rings. The van der Waals surface area contributed by atoms with E-state index in [1.54, 1.807) is 18.5 Å². The lowest BCUT2D eigenvalue weighted by Gasteiger charge is -2.16. The first kappa shape index (κ1) is 14.6. The van der Waals surface area contributed by atoms with Crippen molar-refractivity contribution in [3.8, 4) is 11.5 Å². The van der Waals surface area contributed by atoms with Crippen LogP contribution >= 0.6 is 0 Å². The van der Waals surface area contributed by atoms with Gasteiger partial charge in [0, 0.05) is 30.2 Å². The van der Waals surface area contributed by atoms with Crippen LogP contribution in [0.15, 0.2) is 61.2 Å². The van der Waals surface area contributed by atoms with Crippen molar-refractivity contribution in [2.45, 2.75) is 19.5 Å². The molecule has 24 heavy (non-hydrogen) atoms. The summed E-state index contributed by atoms with van der Waals surface area (Å²) in [7, 11) is 0. The number of hydrogen-bond donors (Lipinski definition) is 0. The minimum Gasteiger partial charge on any atom is -0.325 e. The second kappa shape index (κ2) is 5.88. The van der Waals surface area contributed by atoms with Crippen LogP contribution in [0.5, 0.6) is 0 Å². The predicted octanol–water partition coefficient (Wildman–Crippen LogP) is 3.70. The van der Waals surface area contributed by atoms with Crippen LogP contribution in [0.2, 0.25) is 0 Å². The van der Waals surface area contributed by atoms with E-state index in [9.17, 15) is 4.39 Å². The molecule has 4 rings (SSSR count). The summed E-state index contributed by atoms with van der Waals surface area (Å²) in [5.74, 6) is 0.400. The summed E-state index contributed by atoms with van der Waals surface area (Å²) >= 11 is 0. The largest absolute Gasteiger partial charge is 0.325 e. The molecule has 0 aliphatic carbocycles. The Bertz CT molecular complexity index is 974. The third-order valence-electron chi connectivity index (χ3n) is 4.05. The maximum absolute atomic E-state index is 14.0. The molecule has 0 aliphatic heterocycles. The molecule has 5 nitrogen and oxygen atoms in total. The van der Waals surface area contributed by atoms with Crippen molar-refractivity contribution < 1.29 is 4.39 Å². The second-order valence-electron chi connectivity index (χ2n) is 5.74. The minimum atomic E-state index is -0.322. The number of imidazole rings is 1. The number of halogens is 1. The van der Waals surface area contributed by atoms with Gasteiger partial charge in [-0.3, -0.25) is 4.68 Å². The van der Waals surface area contributed by atoms with Gasteiger partial charge in [-0.05, 0) is 25.1 Å². The summed E-state index contributed by atoms with van der Waals surface area (Å²) in [6.45, 7) is 2.81. The summed E-state index contributed by atoms with van der Waals surface area (Å²) in [4.78, 5) is 8.90. The number of para-hydroxylation sites is 1. The first-order valence-electron chi connectivity index (χ1n) is 7.78. The van der Waals surface area contributed by atoms with Gasteiger partial charge >= 0.3 is 0 Å². The number of hydrogen-bond acceptors (Lipinski definition) is 3. The molecule has 0 fully saturated rings. The standard InChI is InChI=1S/C18H16FN5/c1-13(12-23-10-3-8-21-23)24-11-9-20-18(24)16-7-6-14-4-2-5-15(19)17(14)22-16/h2-11,13H,12H2,1H3/t13-/m0/s1. The highest BCUT2D eigenvalue weighted by molar-refractivity contribution is 5.81. The van der Waals surface area contributed by atoms with Crippen molar-refractivity contribution in [1.29, 1.82) is 0 Å². The molecule has 0 unspecified atom stereocenters. The number of fused-ring (bicyclic) bond motifs is 1. The van der Waals surface area contributed by atoms with Crippen LogP contribution in [0.4, 0.5) is 4.39 Å². The highest BCUT2D eigenvalue weighted by Crippen LogP contribution is 2.24. The molecule has 0 spiro atoms. The predicted molar refractivity (Wildman–Crippen MR) is 89.9 cm³/mol. The van der Waals surface area contributed by atoms with E-state index in [2.05, 4.69) is 22.0 Å². The Morgan fingerprint density at radius 2 is 2.00 bits per heavy atom. The fourth-order valence-corrected chi connectivity index (χ4v) is 2.87. The Balaban J connectivity index is 1.73. The smallest absolute Gasteiger partial charge is 0.158 e. The summed E-state index contributed by atoms with van der Waals surface area (Å²) < 4.78 is 17.9. The molecule has 3 heterocycles. The Kier molecular flexibility index (Phi) is 3.57. The van der Waals surface area contributed by atoms with Gasteiger partial charge in [-0.25, -0.2) is 14.4 Å². The number of aromatic nitrogens is 5. The Morgan fingerprint density at radius 1 is 1.08 bits per heavy atom. The normalized spacial score (nSPS) is 12.6. The first-order valence-corrected chi connectivity index (χ1v) is 7.78. The van der Waals surface area contributed by atoms with E-state index >= 15 is 0 Å². The van der Waals surface area contributed by atoms with E-state index < -0.39 is 0 Å². The number of rotatable bonds is 4. The maximum Gasteiger partial charge on any atom is 0.158 e. The third kappa shape index (κ3) is 2.56. The molecule has 0 bridgehead atoms. The summed E-state index contributed by atoms with van der Waals surface area (Å²) in [6.07, 6.45) is 7.34. The van der Waals surface area contributed by atoms with Crippen LogP contribution in [-0.2, 0) is 6.54 Å². The molecule has 0 N–H and O–H groups in total. The molecule has 0 saturated heterocycles. The highest BCUT2D eigenvalue weighted by atomic mass is 19.1. The molecule has 0 saturated carbocycles. The van der Waals surface area contributed by atoms with Gasteiger partial charge < -0.3 is 4.57 Å². The highest BCUT2D eigenvalue weighted by Gasteiger charge is 2.14. The van der Waals surface area contributed by atoms with Gasteiger partial charge in [-0.2, -0.15) is 5.10 Å². The Labute approximate surface area is 138 Å². The quantitative estimate of drug-likeness (QED) is 0.576. The molecule has 120 valence electrons. The van der Waals surface area contributed by atoms with Gasteiger partial charge in [-0.1, -0.05) is 18.2 Å². The molecule has 1 aromatic carbocycles. The van der Waals surface area contributed by atoms with Gasteiger partial charge in [0.1, 0.15) is 17.0 Å². The summed E-state index contributed by atoms with van der Waals surface area (Å²) in [5.41, 5.74) is 1.02. The van der Waals surface area contributed by atoms with Crippen molar-refractivity contribution in [3.05, 3.63) is 67.0 Å². The van der Waals surface area contributed by atoms with Crippen LogP contribution in [0.3, 0.4) is 0 Å². The summed E-state index contributed by atoms with van der Waals surface area (Å²) in [5, 5.41) is 5.02. The average molecular weight is 321 g/mol. The average Bonchev–Trinajstić information content (AvgIpc) is 3.26. The van der Waals surface area contributed by atoms with Gasteiger partial charge in [0.05, 0.1) is 12.6 Å². The summed E-state index contributed by atoms with van der Waals surface area (Å²) in [6, 6.07) is 10.7. The number of benzene rings is 1. The fraction of sp³-hybridized carbons (Fsp3) is 0.167. The van der Waals surface area contributed by atoms with E-state index in [-0.39, 0.29) is 11.9 Å². The zero-order valence-electron chi connectivity index (χ0n) is 13.2. The maximum atomic E-state index is 14.0. The van der Waals surface area contributed by atoms with E-state index in [1.165, 1.54) is 6.07 Å². The topological polar surface area (TPSA) is 48.5 Å². The van der Waals surface area contributed by atoms with Gasteiger partial charge in [-0.15, -0.1) is 0 Å². The zero-order chi connectivity index (χ0) is 16.5. The van der Waals surface area contributed by atoms with E-state index in [1.807, 2.05) is 45.9 Å². The molecule has 0 amide bonds. The molecule has 0 radical (unpaired) electrons. The fourth-order valence-electron chi connectivity index (χ4n) is 2.87. The van der Waals surface area contributed by atoms with Crippen LogP contribution < -0.4 is 0 Å². The van der Waals surface area contributed by atoms with Crippen LogP contribution in [-0.4, -0.2) is 24.3 Å². The van der Waals surface area contributed by atoms with E-state index in [0.717, 1.165) is 17.8 Å². The van der Waals surface area contributed by atoms with Crippen molar-refractivity contribution >= 4 is 10.9 Å². The van der Waals surface area contributed by atoms with Crippen LogP contribution in [0, 0.1) is 5.82 Å². The lowest BCUT2D eigenvalue weighted by Crippen LogP contribution is -2.14. The number of pyridine rings is 1. The first-order chi connectivity index (χ1) is 11.7. The van der Waals surface area contributed by atoms with Gasteiger partial charge in [0.25, 0.3) is 0 Å². The Morgan fingerprint density at radius 3 is 2.83 bits per heavy atom. The van der Waals surface area contributed by atoms with E-state index in [0.29, 0.717) is 11.2 Å². The molecule has 4 aromatic rings. The van der Waals surface area contributed by atoms with Gasteiger partial charge in [0.15, 0.2) is 5.82 Å².